The van der Waals surface area contributed by atoms with Gasteiger partial charge in [-0.05, 0) is 67.9 Å². The molecule has 182 valence electrons. The second kappa shape index (κ2) is 11.5. The molecule has 0 unspecified atom stereocenters. The van der Waals surface area contributed by atoms with Gasteiger partial charge in [0, 0.05) is 37.0 Å². The molecule has 2 aromatic rings. The van der Waals surface area contributed by atoms with Gasteiger partial charge in [-0.25, -0.2) is 4.98 Å². The third kappa shape index (κ3) is 5.96. The van der Waals surface area contributed by atoms with E-state index in [-0.39, 0.29) is 11.8 Å². The van der Waals surface area contributed by atoms with Gasteiger partial charge in [0.2, 0.25) is 0 Å². The van der Waals surface area contributed by atoms with Gasteiger partial charge >= 0.3 is 5.97 Å². The molecule has 1 aromatic carbocycles. The quantitative estimate of drug-likeness (QED) is 0.595. The number of nitrogens with zero attached hydrogens (tertiary/aromatic N) is 2. The lowest BCUT2D eigenvalue weighted by Crippen LogP contribution is -2.37. The minimum absolute atomic E-state index is 0.00544. The summed E-state index contributed by atoms with van der Waals surface area (Å²) in [6.45, 7) is 4.07. The van der Waals surface area contributed by atoms with E-state index < -0.39 is 5.97 Å². The number of aromatic nitrogens is 1. The van der Waals surface area contributed by atoms with Gasteiger partial charge < -0.3 is 15.3 Å². The average molecular weight is 464 g/mol. The Morgan fingerprint density at radius 2 is 1.74 bits per heavy atom. The van der Waals surface area contributed by atoms with E-state index in [1.54, 1.807) is 6.20 Å². The van der Waals surface area contributed by atoms with Gasteiger partial charge in [-0.1, -0.05) is 44.2 Å². The first-order valence-corrected chi connectivity index (χ1v) is 12.8. The molecule has 0 atom stereocenters. The number of hydrogen-bond acceptors (Lipinski definition) is 4. The summed E-state index contributed by atoms with van der Waals surface area (Å²) in [5.41, 5.74) is 3.62. The molecule has 4 rings (SSSR count). The third-order valence-electron chi connectivity index (χ3n) is 7.50. The van der Waals surface area contributed by atoms with Crippen LogP contribution < -0.4 is 10.2 Å². The summed E-state index contributed by atoms with van der Waals surface area (Å²) in [5.74, 6) is 0.432. The van der Waals surface area contributed by atoms with Crippen molar-refractivity contribution in [2.75, 3.05) is 24.5 Å². The lowest BCUT2D eigenvalue weighted by molar-refractivity contribution is -0.142. The zero-order valence-corrected chi connectivity index (χ0v) is 20.3. The molecule has 1 aliphatic heterocycles. The highest BCUT2D eigenvalue weighted by atomic mass is 16.4. The number of rotatable bonds is 6. The molecule has 2 fully saturated rings. The van der Waals surface area contributed by atoms with Gasteiger partial charge in [0.05, 0.1) is 5.92 Å². The van der Waals surface area contributed by atoms with Crippen LogP contribution >= 0.6 is 0 Å². The number of amides is 1. The molecule has 0 radical (unpaired) electrons. The van der Waals surface area contributed by atoms with Gasteiger partial charge in [0.25, 0.3) is 5.91 Å². The van der Waals surface area contributed by atoms with E-state index in [0.29, 0.717) is 37.4 Å². The van der Waals surface area contributed by atoms with Gasteiger partial charge in [-0.15, -0.1) is 0 Å². The van der Waals surface area contributed by atoms with Crippen LogP contribution in [0.5, 0.6) is 0 Å². The number of carboxylic acids is 1. The van der Waals surface area contributed by atoms with E-state index in [1.807, 2.05) is 37.3 Å². The molecule has 2 N–H and O–H groups in total. The Labute approximate surface area is 202 Å². The van der Waals surface area contributed by atoms with E-state index in [9.17, 15) is 14.7 Å². The molecule has 34 heavy (non-hydrogen) atoms. The Morgan fingerprint density at radius 3 is 2.44 bits per heavy atom. The maximum absolute atomic E-state index is 13.1. The molecule has 2 heterocycles. The molecule has 6 nitrogen and oxygen atoms in total. The van der Waals surface area contributed by atoms with Gasteiger partial charge in [-0.2, -0.15) is 0 Å². The molecular formula is C28H37N3O3. The van der Waals surface area contributed by atoms with Crippen LogP contribution in [0.3, 0.4) is 0 Å². The Bertz CT molecular complexity index is 990. The summed E-state index contributed by atoms with van der Waals surface area (Å²) in [6.07, 6.45) is 11.9. The fourth-order valence-corrected chi connectivity index (χ4v) is 5.32. The second-order valence-electron chi connectivity index (χ2n) is 9.92. The van der Waals surface area contributed by atoms with Crippen LogP contribution in [0.1, 0.15) is 73.7 Å². The molecule has 0 bridgehead atoms. The van der Waals surface area contributed by atoms with Crippen LogP contribution in [0.4, 0.5) is 5.82 Å². The molecule has 1 aliphatic carbocycles. The predicted octanol–water partition coefficient (Wildman–Crippen LogP) is 5.45. The number of carbonyl (C=O) groups excluding carboxylic acids is 1. The summed E-state index contributed by atoms with van der Waals surface area (Å²) in [4.78, 5) is 31.3. The highest BCUT2D eigenvalue weighted by Gasteiger charge is 2.26. The minimum atomic E-state index is -0.713. The number of aryl methyl sites for hydroxylation is 1. The summed E-state index contributed by atoms with van der Waals surface area (Å²) in [6, 6.07) is 9.98. The minimum Gasteiger partial charge on any atom is -0.481 e. The summed E-state index contributed by atoms with van der Waals surface area (Å²) >= 11 is 0. The maximum atomic E-state index is 13.1. The number of aliphatic carboxylic acids is 1. The van der Waals surface area contributed by atoms with E-state index >= 15 is 0 Å². The topological polar surface area (TPSA) is 82.5 Å². The number of pyridine rings is 1. The predicted molar refractivity (Wildman–Crippen MR) is 135 cm³/mol. The third-order valence-corrected chi connectivity index (χ3v) is 7.50. The van der Waals surface area contributed by atoms with E-state index in [4.69, 9.17) is 0 Å². The zero-order valence-electron chi connectivity index (χ0n) is 20.3. The van der Waals surface area contributed by atoms with E-state index in [1.165, 1.54) is 44.9 Å². The van der Waals surface area contributed by atoms with E-state index in [2.05, 4.69) is 15.2 Å². The molecule has 0 spiro atoms. The van der Waals surface area contributed by atoms with Crippen molar-refractivity contribution in [3.05, 3.63) is 47.7 Å². The number of nitrogens with one attached hydrogen (secondary N) is 1. The number of carboxylic acid groups (broad SMARTS) is 1. The van der Waals surface area contributed by atoms with E-state index in [0.717, 1.165) is 29.1 Å². The van der Waals surface area contributed by atoms with Crippen molar-refractivity contribution in [1.29, 1.82) is 0 Å². The largest absolute Gasteiger partial charge is 0.481 e. The van der Waals surface area contributed by atoms with Crippen LogP contribution in [0, 0.1) is 18.8 Å². The van der Waals surface area contributed by atoms with Gasteiger partial charge in [-0.3, -0.25) is 9.59 Å². The van der Waals surface area contributed by atoms with Crippen molar-refractivity contribution in [2.24, 2.45) is 11.8 Å². The zero-order chi connectivity index (χ0) is 23.9. The van der Waals surface area contributed by atoms with Crippen molar-refractivity contribution in [2.45, 2.75) is 64.7 Å². The highest BCUT2D eigenvalue weighted by Crippen LogP contribution is 2.32. The monoisotopic (exact) mass is 463 g/mol. The maximum Gasteiger partial charge on any atom is 0.306 e. The normalized spacial score (nSPS) is 18.2. The van der Waals surface area contributed by atoms with Gasteiger partial charge in [0.1, 0.15) is 5.82 Å². The fraction of sp³-hybridized carbons (Fsp3) is 0.536. The van der Waals surface area contributed by atoms with Gasteiger partial charge in [0.15, 0.2) is 0 Å². The Hall–Kier alpha value is -2.89. The molecule has 6 heteroatoms. The molecule has 1 saturated carbocycles. The molecule has 1 aromatic heterocycles. The highest BCUT2D eigenvalue weighted by molar-refractivity contribution is 5.97. The first-order valence-electron chi connectivity index (χ1n) is 12.8. The molecule has 2 aliphatic rings. The lowest BCUT2D eigenvalue weighted by Gasteiger charge is -2.32. The number of benzene rings is 1. The van der Waals surface area contributed by atoms with Crippen molar-refractivity contribution in [3.63, 3.8) is 0 Å². The summed E-state index contributed by atoms with van der Waals surface area (Å²) in [5, 5.41) is 12.5. The van der Waals surface area contributed by atoms with Crippen molar-refractivity contribution < 1.29 is 14.7 Å². The smallest absolute Gasteiger partial charge is 0.306 e. The number of carbonyl (C=O) groups is 2. The fourth-order valence-electron chi connectivity index (χ4n) is 5.32. The number of hydrogen-bond donors (Lipinski definition) is 2. The SMILES string of the molecule is Cc1ccc(-c2cccnc2N2CCC(C(=O)O)CC2)cc1C(=O)NCC1CCCCCCC1. The average Bonchev–Trinajstić information content (AvgIpc) is 2.83. The van der Waals surface area contributed by atoms with Crippen LogP contribution in [-0.2, 0) is 4.79 Å². The molecular weight excluding hydrogens is 426 g/mol. The first kappa shape index (κ1) is 24.2. The van der Waals surface area contributed by atoms with Crippen molar-refractivity contribution in [1.82, 2.24) is 10.3 Å². The summed E-state index contributed by atoms with van der Waals surface area (Å²) in [7, 11) is 0. The Balaban J connectivity index is 1.49. The second-order valence-corrected chi connectivity index (χ2v) is 9.92. The standard InChI is InChI=1S/C28H37N3O3/c1-20-11-12-23(18-25(20)27(32)30-19-21-8-5-3-2-4-6-9-21)24-10-7-15-29-26(24)31-16-13-22(14-17-31)28(33)34/h7,10-12,15,18,21-22H,2-6,8-9,13-14,16-17,19H2,1H3,(H,30,32)(H,33,34). The Kier molecular flexibility index (Phi) is 8.20. The van der Waals surface area contributed by atoms with Crippen LogP contribution in [0.2, 0.25) is 0 Å². The van der Waals surface area contributed by atoms with Crippen LogP contribution in [0.25, 0.3) is 11.1 Å². The Morgan fingerprint density at radius 1 is 1.03 bits per heavy atom. The lowest BCUT2D eigenvalue weighted by atomic mass is 9.91. The first-order chi connectivity index (χ1) is 16.5. The number of piperidine rings is 1. The summed E-state index contributed by atoms with van der Waals surface area (Å²) < 4.78 is 0. The van der Waals surface area contributed by atoms with Crippen molar-refractivity contribution in [3.8, 4) is 11.1 Å². The number of anilines is 1. The van der Waals surface area contributed by atoms with Crippen LogP contribution in [0.15, 0.2) is 36.5 Å². The molecule has 1 saturated heterocycles. The van der Waals surface area contributed by atoms with Crippen molar-refractivity contribution >= 4 is 17.7 Å². The van der Waals surface area contributed by atoms with Crippen LogP contribution in [-0.4, -0.2) is 41.6 Å². The molecule has 1 amide bonds.